The van der Waals surface area contributed by atoms with Crippen molar-refractivity contribution in [2.75, 3.05) is 11.9 Å². The Balaban J connectivity index is 1.98. The molecule has 144 valence electrons. The van der Waals surface area contributed by atoms with Crippen LogP contribution in [0.25, 0.3) is 5.69 Å². The normalized spacial score (nSPS) is 13.9. The lowest BCUT2D eigenvalue weighted by Crippen LogP contribution is -2.33. The Morgan fingerprint density at radius 2 is 1.89 bits per heavy atom. The SMILES string of the molecule is CCCc1nc2c(c(=O)n1-c1ccc(OCC(F)(F)F)cc1)CCC(=O)N2. The highest BCUT2D eigenvalue weighted by Gasteiger charge is 2.28. The molecule has 3 rings (SSSR count). The van der Waals surface area contributed by atoms with Gasteiger partial charge in [0, 0.05) is 12.8 Å². The van der Waals surface area contributed by atoms with Crippen LogP contribution in [0.15, 0.2) is 29.1 Å². The Kier molecular flexibility index (Phi) is 5.20. The van der Waals surface area contributed by atoms with Crippen LogP contribution in [-0.4, -0.2) is 28.2 Å². The second kappa shape index (κ2) is 7.42. The van der Waals surface area contributed by atoms with Crippen molar-refractivity contribution in [1.82, 2.24) is 9.55 Å². The maximum absolute atomic E-state index is 13.0. The molecule has 2 heterocycles. The van der Waals surface area contributed by atoms with E-state index in [1.807, 2.05) is 6.92 Å². The Bertz CT molecular complexity index is 905. The van der Waals surface area contributed by atoms with Crippen LogP contribution in [0.3, 0.4) is 0 Å². The first kappa shape index (κ1) is 18.9. The maximum atomic E-state index is 13.0. The van der Waals surface area contributed by atoms with Crippen LogP contribution in [0.5, 0.6) is 5.75 Å². The maximum Gasteiger partial charge on any atom is 0.422 e. The zero-order valence-corrected chi connectivity index (χ0v) is 14.6. The molecule has 2 aromatic rings. The van der Waals surface area contributed by atoms with Gasteiger partial charge in [-0.25, -0.2) is 4.98 Å². The molecule has 1 aliphatic heterocycles. The number of hydrogen-bond donors (Lipinski definition) is 1. The first-order chi connectivity index (χ1) is 12.8. The van der Waals surface area contributed by atoms with Gasteiger partial charge in [0.05, 0.1) is 11.3 Å². The predicted octanol–water partition coefficient (Wildman–Crippen LogP) is 3.01. The number of nitrogens with one attached hydrogen (secondary N) is 1. The van der Waals surface area contributed by atoms with Crippen molar-refractivity contribution in [1.29, 1.82) is 0 Å². The fourth-order valence-corrected chi connectivity index (χ4v) is 2.88. The van der Waals surface area contributed by atoms with E-state index in [9.17, 15) is 22.8 Å². The molecule has 0 fully saturated rings. The number of ether oxygens (including phenoxy) is 1. The molecule has 1 amide bonds. The minimum Gasteiger partial charge on any atom is -0.484 e. The summed E-state index contributed by atoms with van der Waals surface area (Å²) < 4.78 is 42.9. The number of anilines is 1. The number of rotatable bonds is 5. The number of alkyl halides is 3. The molecule has 6 nitrogen and oxygen atoms in total. The van der Waals surface area contributed by atoms with Gasteiger partial charge in [-0.2, -0.15) is 13.2 Å². The molecule has 0 saturated heterocycles. The summed E-state index contributed by atoms with van der Waals surface area (Å²) >= 11 is 0. The number of nitrogens with zero attached hydrogens (tertiary/aromatic N) is 2. The van der Waals surface area contributed by atoms with Gasteiger partial charge in [0.1, 0.15) is 17.4 Å². The van der Waals surface area contributed by atoms with E-state index in [0.29, 0.717) is 35.7 Å². The molecule has 1 N–H and O–H groups in total. The fraction of sp³-hybridized carbons (Fsp3) is 0.389. The second-order valence-electron chi connectivity index (χ2n) is 6.19. The third kappa shape index (κ3) is 4.29. The molecule has 0 unspecified atom stereocenters. The predicted molar refractivity (Wildman–Crippen MR) is 92.3 cm³/mol. The molecule has 9 heteroatoms. The van der Waals surface area contributed by atoms with Crippen LogP contribution in [0.2, 0.25) is 0 Å². The summed E-state index contributed by atoms with van der Waals surface area (Å²) in [6.45, 7) is 0.552. The van der Waals surface area contributed by atoms with Crippen LogP contribution in [0.1, 0.15) is 31.2 Å². The zero-order valence-electron chi connectivity index (χ0n) is 14.6. The summed E-state index contributed by atoms with van der Waals surface area (Å²) in [6.07, 6.45) is -2.68. The average molecular weight is 381 g/mol. The van der Waals surface area contributed by atoms with Crippen molar-refractivity contribution in [3.05, 3.63) is 46.0 Å². The molecule has 1 aliphatic rings. The monoisotopic (exact) mass is 381 g/mol. The van der Waals surface area contributed by atoms with Gasteiger partial charge < -0.3 is 10.1 Å². The number of fused-ring (bicyclic) bond motifs is 1. The number of amides is 1. The van der Waals surface area contributed by atoms with Crippen molar-refractivity contribution < 1.29 is 22.7 Å². The van der Waals surface area contributed by atoms with Gasteiger partial charge in [0.15, 0.2) is 6.61 Å². The Morgan fingerprint density at radius 3 is 2.52 bits per heavy atom. The molecule has 0 bridgehead atoms. The smallest absolute Gasteiger partial charge is 0.422 e. The number of benzene rings is 1. The van der Waals surface area contributed by atoms with Crippen molar-refractivity contribution in [2.45, 2.75) is 38.8 Å². The van der Waals surface area contributed by atoms with Crippen molar-refractivity contribution in [3.8, 4) is 11.4 Å². The van der Waals surface area contributed by atoms with Crippen LogP contribution < -0.4 is 15.6 Å². The molecule has 0 radical (unpaired) electrons. The number of hydrogen-bond acceptors (Lipinski definition) is 4. The topological polar surface area (TPSA) is 73.2 Å². The standard InChI is InChI=1S/C18H18F3N3O3/c1-2-3-14-22-16-13(8-9-15(25)23-16)17(26)24(14)11-4-6-12(7-5-11)27-10-18(19,20)21/h4-7H,2-3,8-10H2,1H3,(H,23,25). The van der Waals surface area contributed by atoms with E-state index in [1.165, 1.54) is 28.8 Å². The average Bonchev–Trinajstić information content (AvgIpc) is 2.60. The number of halogens is 3. The highest BCUT2D eigenvalue weighted by atomic mass is 19.4. The molecule has 0 spiro atoms. The summed E-state index contributed by atoms with van der Waals surface area (Å²) in [5, 5.41) is 2.63. The lowest BCUT2D eigenvalue weighted by Gasteiger charge is -2.20. The number of aromatic nitrogens is 2. The summed E-state index contributed by atoms with van der Waals surface area (Å²) in [7, 11) is 0. The van der Waals surface area contributed by atoms with E-state index in [1.54, 1.807) is 0 Å². The largest absolute Gasteiger partial charge is 0.484 e. The van der Waals surface area contributed by atoms with Crippen LogP contribution >= 0.6 is 0 Å². The zero-order chi connectivity index (χ0) is 19.6. The van der Waals surface area contributed by atoms with Gasteiger partial charge in [-0.05, 0) is 37.1 Å². The fourth-order valence-electron chi connectivity index (χ4n) is 2.88. The van der Waals surface area contributed by atoms with Crippen LogP contribution in [0, 0.1) is 0 Å². The third-order valence-corrected chi connectivity index (χ3v) is 4.08. The summed E-state index contributed by atoms with van der Waals surface area (Å²) in [4.78, 5) is 29.0. The molecule has 0 saturated carbocycles. The number of carbonyl (C=O) groups excluding carboxylic acids is 1. The minimum atomic E-state index is -4.42. The van der Waals surface area contributed by atoms with Crippen molar-refractivity contribution in [2.24, 2.45) is 0 Å². The first-order valence-electron chi connectivity index (χ1n) is 8.53. The highest BCUT2D eigenvalue weighted by molar-refractivity contribution is 5.92. The van der Waals surface area contributed by atoms with E-state index < -0.39 is 12.8 Å². The Labute approximate surface area is 153 Å². The Hall–Kier alpha value is -2.84. The Morgan fingerprint density at radius 1 is 1.19 bits per heavy atom. The molecule has 0 atom stereocenters. The van der Waals surface area contributed by atoms with Gasteiger partial charge in [-0.15, -0.1) is 0 Å². The molecule has 1 aromatic carbocycles. The third-order valence-electron chi connectivity index (χ3n) is 4.08. The number of aryl methyl sites for hydroxylation is 1. The molecule has 27 heavy (non-hydrogen) atoms. The van der Waals surface area contributed by atoms with E-state index >= 15 is 0 Å². The van der Waals surface area contributed by atoms with E-state index in [4.69, 9.17) is 4.74 Å². The van der Waals surface area contributed by atoms with Crippen LogP contribution in [-0.2, 0) is 17.6 Å². The van der Waals surface area contributed by atoms with Gasteiger partial charge >= 0.3 is 6.18 Å². The quantitative estimate of drug-likeness (QED) is 0.864. The summed E-state index contributed by atoms with van der Waals surface area (Å²) in [5.74, 6) is 0.647. The molecular weight excluding hydrogens is 363 g/mol. The van der Waals surface area contributed by atoms with E-state index in [0.717, 1.165) is 6.42 Å². The number of carbonyl (C=O) groups is 1. The second-order valence-corrected chi connectivity index (χ2v) is 6.19. The van der Waals surface area contributed by atoms with E-state index in [2.05, 4.69) is 10.3 Å². The summed E-state index contributed by atoms with van der Waals surface area (Å²) in [5.41, 5.74) is 0.620. The van der Waals surface area contributed by atoms with Gasteiger partial charge in [-0.1, -0.05) is 6.92 Å². The first-order valence-corrected chi connectivity index (χ1v) is 8.53. The van der Waals surface area contributed by atoms with Crippen molar-refractivity contribution >= 4 is 11.7 Å². The summed E-state index contributed by atoms with van der Waals surface area (Å²) in [6, 6.07) is 5.79. The minimum absolute atomic E-state index is 0.0550. The lowest BCUT2D eigenvalue weighted by atomic mass is 10.1. The van der Waals surface area contributed by atoms with Gasteiger partial charge in [0.25, 0.3) is 5.56 Å². The van der Waals surface area contributed by atoms with Gasteiger partial charge in [0.2, 0.25) is 5.91 Å². The molecule has 1 aromatic heterocycles. The van der Waals surface area contributed by atoms with E-state index in [-0.39, 0.29) is 23.6 Å². The van der Waals surface area contributed by atoms with Crippen molar-refractivity contribution in [3.63, 3.8) is 0 Å². The molecule has 0 aliphatic carbocycles. The molecular formula is C18H18F3N3O3. The van der Waals surface area contributed by atoms with Crippen LogP contribution in [0.4, 0.5) is 19.0 Å². The highest BCUT2D eigenvalue weighted by Crippen LogP contribution is 2.22. The van der Waals surface area contributed by atoms with Gasteiger partial charge in [-0.3, -0.25) is 14.2 Å². The lowest BCUT2D eigenvalue weighted by molar-refractivity contribution is -0.153.